The number of ketones is 1. The Balaban J connectivity index is 1.55. The number of aromatic nitrogens is 3. The van der Waals surface area contributed by atoms with Crippen LogP contribution in [0.4, 0.5) is 0 Å². The molecule has 0 saturated heterocycles. The second kappa shape index (κ2) is 7.23. The summed E-state index contributed by atoms with van der Waals surface area (Å²) in [5, 5.41) is 9.27. The van der Waals surface area contributed by atoms with Crippen LogP contribution in [0.2, 0.25) is 0 Å². The molecule has 146 valence electrons. The standard InChI is InChI=1S/C22H19N3OS3/c1-22(2)10-14-18(17(26)11-22)20(28-19(14)15-8-9-23-25-15)29-21-24-16(12-27-21)13-6-4-3-5-7-13/h3-9,12H,10-11H2,1-2H3,(H,23,25). The van der Waals surface area contributed by atoms with Crippen molar-refractivity contribution in [2.45, 2.75) is 35.2 Å². The zero-order valence-corrected chi connectivity index (χ0v) is 18.5. The number of carbonyl (C=O) groups excluding carboxylic acids is 1. The minimum absolute atomic E-state index is 0.0243. The van der Waals surface area contributed by atoms with Crippen molar-refractivity contribution in [3.63, 3.8) is 0 Å². The van der Waals surface area contributed by atoms with Crippen LogP contribution in [0.1, 0.15) is 36.2 Å². The first-order valence-corrected chi connectivity index (χ1v) is 11.9. The molecule has 1 aliphatic rings. The van der Waals surface area contributed by atoms with Crippen molar-refractivity contribution >= 4 is 40.2 Å². The minimum atomic E-state index is -0.0243. The first-order chi connectivity index (χ1) is 14.0. The number of nitrogens with one attached hydrogen (secondary N) is 1. The average molecular weight is 438 g/mol. The van der Waals surface area contributed by atoms with E-state index in [-0.39, 0.29) is 11.2 Å². The smallest absolute Gasteiger partial charge is 0.165 e. The molecule has 4 nitrogen and oxygen atoms in total. The summed E-state index contributed by atoms with van der Waals surface area (Å²) in [6.45, 7) is 4.34. The fraction of sp³-hybridized carbons (Fsp3) is 0.227. The molecule has 0 aliphatic heterocycles. The van der Waals surface area contributed by atoms with Crippen molar-refractivity contribution in [3.05, 3.63) is 59.1 Å². The summed E-state index contributed by atoms with van der Waals surface area (Å²) in [6, 6.07) is 12.2. The van der Waals surface area contributed by atoms with Crippen molar-refractivity contribution in [1.82, 2.24) is 15.2 Å². The molecule has 0 saturated carbocycles. The highest BCUT2D eigenvalue weighted by Gasteiger charge is 2.37. The van der Waals surface area contributed by atoms with Gasteiger partial charge in [0.25, 0.3) is 0 Å². The lowest BCUT2D eigenvalue weighted by atomic mass is 9.74. The van der Waals surface area contributed by atoms with Gasteiger partial charge in [0.2, 0.25) is 0 Å². The van der Waals surface area contributed by atoms with Gasteiger partial charge in [-0.15, -0.1) is 22.7 Å². The Morgan fingerprint density at radius 1 is 1.14 bits per heavy atom. The molecule has 0 radical (unpaired) electrons. The van der Waals surface area contributed by atoms with Crippen LogP contribution in [-0.4, -0.2) is 21.0 Å². The first-order valence-electron chi connectivity index (χ1n) is 9.38. The Morgan fingerprint density at radius 2 is 1.97 bits per heavy atom. The van der Waals surface area contributed by atoms with Gasteiger partial charge >= 0.3 is 0 Å². The predicted octanol–water partition coefficient (Wildman–Crippen LogP) is 6.57. The van der Waals surface area contributed by atoms with E-state index in [1.165, 1.54) is 0 Å². The molecule has 7 heteroatoms. The molecule has 3 aromatic heterocycles. The predicted molar refractivity (Wildman–Crippen MR) is 120 cm³/mol. The fourth-order valence-corrected chi connectivity index (χ4v) is 7.39. The molecule has 0 amide bonds. The third-order valence-corrected chi connectivity index (χ3v) is 8.41. The highest BCUT2D eigenvalue weighted by atomic mass is 32.2. The summed E-state index contributed by atoms with van der Waals surface area (Å²) in [4.78, 5) is 19.0. The second-order valence-corrected chi connectivity index (χ2v) is 11.3. The van der Waals surface area contributed by atoms with Gasteiger partial charge in [-0.2, -0.15) is 5.10 Å². The van der Waals surface area contributed by atoms with E-state index in [4.69, 9.17) is 4.98 Å². The Hall–Kier alpha value is -2.22. The summed E-state index contributed by atoms with van der Waals surface area (Å²) in [5.74, 6) is 0.237. The number of rotatable bonds is 4. The maximum absolute atomic E-state index is 13.1. The van der Waals surface area contributed by atoms with Crippen molar-refractivity contribution < 1.29 is 4.79 Å². The molecule has 0 unspecified atom stereocenters. The van der Waals surface area contributed by atoms with Crippen LogP contribution in [-0.2, 0) is 6.42 Å². The topological polar surface area (TPSA) is 58.6 Å². The van der Waals surface area contributed by atoms with E-state index in [0.717, 1.165) is 47.9 Å². The lowest BCUT2D eigenvalue weighted by Crippen LogP contribution is -2.26. The van der Waals surface area contributed by atoms with Crippen molar-refractivity contribution in [3.8, 4) is 21.8 Å². The van der Waals surface area contributed by atoms with Crippen LogP contribution in [0.3, 0.4) is 0 Å². The zero-order valence-electron chi connectivity index (χ0n) is 16.1. The van der Waals surface area contributed by atoms with Gasteiger partial charge in [-0.3, -0.25) is 9.89 Å². The SMILES string of the molecule is CC1(C)CC(=O)c2c(Sc3nc(-c4ccccc4)cs3)sc(-c3ccn[nH]3)c2C1. The van der Waals surface area contributed by atoms with Crippen LogP contribution in [0.25, 0.3) is 21.8 Å². The van der Waals surface area contributed by atoms with Crippen molar-refractivity contribution in [1.29, 1.82) is 0 Å². The van der Waals surface area contributed by atoms with Gasteiger partial charge in [-0.1, -0.05) is 44.2 Å². The van der Waals surface area contributed by atoms with Crippen LogP contribution >= 0.6 is 34.4 Å². The monoisotopic (exact) mass is 437 g/mol. The van der Waals surface area contributed by atoms with Crippen molar-refractivity contribution in [2.75, 3.05) is 0 Å². The van der Waals surface area contributed by atoms with Gasteiger partial charge in [0, 0.05) is 29.1 Å². The lowest BCUT2D eigenvalue weighted by Gasteiger charge is -2.29. The highest BCUT2D eigenvalue weighted by molar-refractivity contribution is 8.02. The van der Waals surface area contributed by atoms with Crippen molar-refractivity contribution in [2.24, 2.45) is 5.41 Å². The molecule has 0 spiro atoms. The third kappa shape index (κ3) is 3.58. The number of fused-ring (bicyclic) bond motifs is 1. The van der Waals surface area contributed by atoms with E-state index in [0.29, 0.717) is 6.42 Å². The quantitative estimate of drug-likeness (QED) is 0.392. The van der Waals surface area contributed by atoms with Gasteiger partial charge in [0.05, 0.1) is 20.5 Å². The molecule has 0 fully saturated rings. The number of hydrogen-bond acceptors (Lipinski definition) is 6. The number of hydrogen-bond donors (Lipinski definition) is 1. The number of carbonyl (C=O) groups is 1. The molecule has 1 aliphatic carbocycles. The normalized spacial score (nSPS) is 15.4. The zero-order chi connectivity index (χ0) is 20.0. The minimum Gasteiger partial charge on any atom is -0.294 e. The summed E-state index contributed by atoms with van der Waals surface area (Å²) >= 11 is 4.91. The molecule has 4 aromatic rings. The molecular weight excluding hydrogens is 418 g/mol. The maximum atomic E-state index is 13.1. The summed E-state index contributed by atoms with van der Waals surface area (Å²) in [5.41, 5.74) is 5.09. The van der Waals surface area contributed by atoms with E-state index < -0.39 is 0 Å². The third-order valence-electron chi connectivity index (χ3n) is 5.03. The average Bonchev–Trinajstić information content (AvgIpc) is 3.42. The number of thiophene rings is 1. The maximum Gasteiger partial charge on any atom is 0.165 e. The first kappa shape index (κ1) is 18.8. The number of Topliss-reactive ketones (excluding diaryl/α,β-unsaturated/α-hetero) is 1. The molecule has 0 atom stereocenters. The second-order valence-electron chi connectivity index (χ2n) is 7.95. The Morgan fingerprint density at radius 3 is 2.72 bits per heavy atom. The molecule has 3 heterocycles. The Labute approximate surface area is 181 Å². The Kier molecular flexibility index (Phi) is 4.69. The van der Waals surface area contributed by atoms with Gasteiger partial charge in [-0.25, -0.2) is 4.98 Å². The van der Waals surface area contributed by atoms with Crippen LogP contribution in [0.5, 0.6) is 0 Å². The highest BCUT2D eigenvalue weighted by Crippen LogP contribution is 2.50. The van der Waals surface area contributed by atoms with Crippen LogP contribution in [0.15, 0.2) is 56.5 Å². The molecule has 0 bridgehead atoms. The number of thiazole rings is 1. The molecule has 29 heavy (non-hydrogen) atoms. The summed E-state index contributed by atoms with van der Waals surface area (Å²) < 4.78 is 2.00. The molecule has 1 aromatic carbocycles. The van der Waals surface area contributed by atoms with E-state index >= 15 is 0 Å². The van der Waals surface area contributed by atoms with Gasteiger partial charge in [0.1, 0.15) is 0 Å². The largest absolute Gasteiger partial charge is 0.294 e. The number of nitrogens with zero attached hydrogens (tertiary/aromatic N) is 2. The van der Waals surface area contributed by atoms with E-state index in [1.54, 1.807) is 40.6 Å². The molecular formula is C22H19N3OS3. The number of benzene rings is 1. The van der Waals surface area contributed by atoms with E-state index in [1.807, 2.05) is 24.3 Å². The van der Waals surface area contributed by atoms with E-state index in [2.05, 4.69) is 41.6 Å². The van der Waals surface area contributed by atoms with Gasteiger partial charge < -0.3 is 0 Å². The summed E-state index contributed by atoms with van der Waals surface area (Å²) in [7, 11) is 0. The van der Waals surface area contributed by atoms with Gasteiger partial charge in [0.15, 0.2) is 10.1 Å². The lowest BCUT2D eigenvalue weighted by molar-refractivity contribution is 0.0910. The van der Waals surface area contributed by atoms with E-state index in [9.17, 15) is 4.79 Å². The van der Waals surface area contributed by atoms with Crippen LogP contribution in [0, 0.1) is 5.41 Å². The van der Waals surface area contributed by atoms with Crippen LogP contribution < -0.4 is 0 Å². The fourth-order valence-electron chi connectivity index (χ4n) is 3.75. The summed E-state index contributed by atoms with van der Waals surface area (Å²) in [6.07, 6.45) is 3.24. The Bertz CT molecular complexity index is 1170. The number of H-pyrrole nitrogens is 1. The molecule has 1 N–H and O–H groups in total. The molecule has 5 rings (SSSR count). The van der Waals surface area contributed by atoms with Gasteiger partial charge in [-0.05, 0) is 35.2 Å². The number of aromatic amines is 1.